The van der Waals surface area contributed by atoms with Gasteiger partial charge in [-0.2, -0.15) is 11.8 Å². The summed E-state index contributed by atoms with van der Waals surface area (Å²) in [5.74, 6) is 0. The van der Waals surface area contributed by atoms with E-state index in [0.717, 1.165) is 18.1 Å². The van der Waals surface area contributed by atoms with E-state index in [1.807, 2.05) is 11.8 Å². The predicted molar refractivity (Wildman–Crippen MR) is 75.4 cm³/mol. The van der Waals surface area contributed by atoms with Gasteiger partial charge in [0.25, 0.3) is 0 Å². The molecule has 1 aromatic rings. The first-order valence-corrected chi connectivity index (χ1v) is 7.93. The van der Waals surface area contributed by atoms with E-state index < -0.39 is 0 Å². The molecule has 0 aliphatic heterocycles. The first-order valence-electron chi connectivity index (χ1n) is 5.82. The van der Waals surface area contributed by atoms with Crippen molar-refractivity contribution in [2.75, 3.05) is 12.8 Å². The second kappa shape index (κ2) is 6.62. The smallest absolute Gasteiger partial charge is 0.0897 e. The molecule has 0 radical (unpaired) electrons. The van der Waals surface area contributed by atoms with E-state index in [1.54, 1.807) is 11.3 Å². The average Bonchev–Trinajstić information content (AvgIpc) is 2.71. The fraction of sp³-hybridized carbons (Fsp3) is 0.750. The maximum absolute atomic E-state index is 4.46. The van der Waals surface area contributed by atoms with E-state index in [-0.39, 0.29) is 0 Å². The minimum atomic E-state index is 0.394. The highest BCUT2D eigenvalue weighted by Crippen LogP contribution is 2.29. The lowest BCUT2D eigenvalue weighted by molar-refractivity contribution is 0.493. The Labute approximate surface area is 107 Å². The third kappa shape index (κ3) is 3.75. The number of hydrogen-bond donors (Lipinski definition) is 1. The number of aryl methyl sites for hydroxylation is 1. The summed E-state index contributed by atoms with van der Waals surface area (Å²) in [5.41, 5.74) is 1.17. The van der Waals surface area contributed by atoms with Crippen molar-refractivity contribution in [1.29, 1.82) is 0 Å². The van der Waals surface area contributed by atoms with Crippen LogP contribution in [-0.4, -0.2) is 22.5 Å². The molecule has 1 heterocycles. The molecule has 0 saturated heterocycles. The second-order valence-corrected chi connectivity index (χ2v) is 6.39. The molecule has 0 aromatic carbocycles. The molecule has 0 bridgehead atoms. The standard InChI is InChI=1S/C12H22N2S2/c1-5-12(6-2,15-4)9-13-7-11-8-16-10(3)14-11/h8,13H,5-7,9H2,1-4H3. The average molecular weight is 258 g/mol. The molecule has 0 amide bonds. The van der Waals surface area contributed by atoms with Crippen molar-refractivity contribution in [2.24, 2.45) is 0 Å². The second-order valence-electron chi connectivity index (χ2n) is 4.06. The molecule has 0 unspecified atom stereocenters. The van der Waals surface area contributed by atoms with E-state index in [4.69, 9.17) is 0 Å². The van der Waals surface area contributed by atoms with E-state index in [1.165, 1.54) is 18.5 Å². The number of thioether (sulfide) groups is 1. The Morgan fingerprint density at radius 1 is 1.44 bits per heavy atom. The van der Waals surface area contributed by atoms with Crippen molar-refractivity contribution < 1.29 is 0 Å². The van der Waals surface area contributed by atoms with Gasteiger partial charge < -0.3 is 5.32 Å². The van der Waals surface area contributed by atoms with Crippen molar-refractivity contribution in [3.8, 4) is 0 Å². The van der Waals surface area contributed by atoms with Gasteiger partial charge in [0.2, 0.25) is 0 Å². The Bertz CT molecular complexity index is 297. The van der Waals surface area contributed by atoms with Gasteiger partial charge in [-0.25, -0.2) is 4.98 Å². The van der Waals surface area contributed by atoms with Crippen LogP contribution in [0.4, 0.5) is 0 Å². The van der Waals surface area contributed by atoms with Gasteiger partial charge in [0.1, 0.15) is 0 Å². The fourth-order valence-electron chi connectivity index (χ4n) is 1.77. The zero-order chi connectivity index (χ0) is 12.0. The topological polar surface area (TPSA) is 24.9 Å². The van der Waals surface area contributed by atoms with E-state index in [9.17, 15) is 0 Å². The van der Waals surface area contributed by atoms with Crippen LogP contribution in [0.2, 0.25) is 0 Å². The first-order chi connectivity index (χ1) is 7.65. The van der Waals surface area contributed by atoms with Crippen molar-refractivity contribution in [1.82, 2.24) is 10.3 Å². The number of hydrogen-bond acceptors (Lipinski definition) is 4. The molecule has 0 aliphatic rings. The molecule has 0 saturated carbocycles. The molecule has 0 atom stereocenters. The van der Waals surface area contributed by atoms with Crippen LogP contribution in [0.5, 0.6) is 0 Å². The largest absolute Gasteiger partial charge is 0.310 e. The van der Waals surface area contributed by atoms with Gasteiger partial charge in [-0.1, -0.05) is 13.8 Å². The summed E-state index contributed by atoms with van der Waals surface area (Å²) in [6.07, 6.45) is 4.64. The summed E-state index contributed by atoms with van der Waals surface area (Å²) in [6, 6.07) is 0. The van der Waals surface area contributed by atoms with Crippen LogP contribution in [0, 0.1) is 6.92 Å². The zero-order valence-electron chi connectivity index (χ0n) is 10.7. The maximum atomic E-state index is 4.46. The van der Waals surface area contributed by atoms with Gasteiger partial charge in [-0.3, -0.25) is 0 Å². The van der Waals surface area contributed by atoms with Crippen molar-refractivity contribution in [3.63, 3.8) is 0 Å². The molecule has 92 valence electrons. The Balaban J connectivity index is 2.39. The summed E-state index contributed by atoms with van der Waals surface area (Å²) < 4.78 is 0.394. The molecule has 0 fully saturated rings. The van der Waals surface area contributed by atoms with Gasteiger partial charge in [-0.15, -0.1) is 11.3 Å². The summed E-state index contributed by atoms with van der Waals surface area (Å²) in [7, 11) is 0. The van der Waals surface area contributed by atoms with Crippen LogP contribution in [0.1, 0.15) is 37.4 Å². The van der Waals surface area contributed by atoms with Crippen LogP contribution >= 0.6 is 23.1 Å². The number of nitrogens with zero attached hydrogens (tertiary/aromatic N) is 1. The molecule has 1 aromatic heterocycles. The maximum Gasteiger partial charge on any atom is 0.0897 e. The molecule has 2 nitrogen and oxygen atoms in total. The molecule has 16 heavy (non-hydrogen) atoms. The number of nitrogens with one attached hydrogen (secondary N) is 1. The van der Waals surface area contributed by atoms with Crippen LogP contribution < -0.4 is 5.32 Å². The lowest BCUT2D eigenvalue weighted by Crippen LogP contribution is -2.36. The Kier molecular flexibility index (Phi) is 5.79. The lowest BCUT2D eigenvalue weighted by Gasteiger charge is -2.29. The minimum Gasteiger partial charge on any atom is -0.310 e. The summed E-state index contributed by atoms with van der Waals surface area (Å²) in [6.45, 7) is 8.56. The van der Waals surface area contributed by atoms with Crippen molar-refractivity contribution in [2.45, 2.75) is 44.9 Å². The third-order valence-electron chi connectivity index (χ3n) is 3.14. The summed E-state index contributed by atoms with van der Waals surface area (Å²) in [4.78, 5) is 4.46. The Morgan fingerprint density at radius 2 is 2.12 bits per heavy atom. The Morgan fingerprint density at radius 3 is 2.56 bits per heavy atom. The van der Waals surface area contributed by atoms with Crippen molar-refractivity contribution in [3.05, 3.63) is 16.1 Å². The molecule has 0 spiro atoms. The molecule has 1 N–H and O–H groups in total. The van der Waals surface area contributed by atoms with Gasteiger partial charge in [0, 0.05) is 23.2 Å². The predicted octanol–water partition coefficient (Wildman–Crippen LogP) is 3.46. The molecule has 4 heteroatoms. The summed E-state index contributed by atoms with van der Waals surface area (Å²) in [5, 5.41) is 6.82. The van der Waals surface area contributed by atoms with Crippen LogP contribution in [0.3, 0.4) is 0 Å². The van der Waals surface area contributed by atoms with Crippen LogP contribution in [0.25, 0.3) is 0 Å². The Hall–Kier alpha value is -0.0600. The number of aromatic nitrogens is 1. The highest BCUT2D eigenvalue weighted by molar-refractivity contribution is 8.00. The fourth-order valence-corrected chi connectivity index (χ4v) is 3.20. The number of thiazole rings is 1. The molecule has 0 aliphatic carbocycles. The molecular formula is C12H22N2S2. The van der Waals surface area contributed by atoms with Gasteiger partial charge >= 0.3 is 0 Å². The highest BCUT2D eigenvalue weighted by Gasteiger charge is 2.23. The van der Waals surface area contributed by atoms with Crippen molar-refractivity contribution >= 4 is 23.1 Å². The summed E-state index contributed by atoms with van der Waals surface area (Å²) >= 11 is 3.70. The SMILES string of the molecule is CCC(CC)(CNCc1csc(C)n1)SC. The van der Waals surface area contributed by atoms with Crippen LogP contribution in [-0.2, 0) is 6.54 Å². The van der Waals surface area contributed by atoms with E-state index >= 15 is 0 Å². The third-order valence-corrected chi connectivity index (χ3v) is 5.55. The highest BCUT2D eigenvalue weighted by atomic mass is 32.2. The monoisotopic (exact) mass is 258 g/mol. The number of rotatable bonds is 7. The first kappa shape index (κ1) is 14.0. The molecule has 1 rings (SSSR count). The van der Waals surface area contributed by atoms with Gasteiger partial charge in [0.15, 0.2) is 0 Å². The van der Waals surface area contributed by atoms with Gasteiger partial charge in [0.05, 0.1) is 10.7 Å². The lowest BCUT2D eigenvalue weighted by atomic mass is 10.0. The normalized spacial score (nSPS) is 12.0. The zero-order valence-corrected chi connectivity index (χ0v) is 12.3. The quantitative estimate of drug-likeness (QED) is 0.810. The minimum absolute atomic E-state index is 0.394. The van der Waals surface area contributed by atoms with Crippen LogP contribution in [0.15, 0.2) is 5.38 Å². The van der Waals surface area contributed by atoms with E-state index in [0.29, 0.717) is 4.75 Å². The van der Waals surface area contributed by atoms with Gasteiger partial charge in [-0.05, 0) is 26.0 Å². The molecular weight excluding hydrogens is 236 g/mol. The van der Waals surface area contributed by atoms with E-state index in [2.05, 4.69) is 42.7 Å².